The molecule has 2 aliphatic rings. The highest BCUT2D eigenvalue weighted by molar-refractivity contribution is 7.89. The van der Waals surface area contributed by atoms with Gasteiger partial charge in [-0.15, -0.1) is 0 Å². The molecule has 6 nitrogen and oxygen atoms in total. The van der Waals surface area contributed by atoms with Crippen molar-refractivity contribution in [2.24, 2.45) is 5.92 Å². The van der Waals surface area contributed by atoms with Crippen molar-refractivity contribution in [1.82, 2.24) is 14.9 Å². The molecule has 0 spiro atoms. The van der Waals surface area contributed by atoms with Crippen LogP contribution in [0, 0.1) is 5.92 Å². The molecule has 0 unspecified atom stereocenters. The smallest absolute Gasteiger partial charge is 0.257 e. The molecule has 1 aliphatic carbocycles. The van der Waals surface area contributed by atoms with Crippen LogP contribution in [0.15, 0.2) is 60.7 Å². The van der Waals surface area contributed by atoms with Crippen LogP contribution in [-0.2, 0) is 21.4 Å². The molecule has 0 radical (unpaired) electrons. The van der Waals surface area contributed by atoms with Crippen LogP contribution in [0.25, 0.3) is 6.08 Å². The van der Waals surface area contributed by atoms with Crippen LogP contribution in [0.1, 0.15) is 41.9 Å². The lowest BCUT2D eigenvalue weighted by Crippen LogP contribution is -2.37. The minimum atomic E-state index is -3.53. The molecule has 33 heavy (non-hydrogen) atoms. The summed E-state index contributed by atoms with van der Waals surface area (Å²) in [5.74, 6) is 0.804. The van der Waals surface area contributed by atoms with Crippen molar-refractivity contribution in [1.29, 1.82) is 0 Å². The van der Waals surface area contributed by atoms with E-state index in [9.17, 15) is 13.2 Å². The fraction of sp³-hybridized carbons (Fsp3) is 0.423. The summed E-state index contributed by atoms with van der Waals surface area (Å²) in [5, 5.41) is 3.79. The standard InChI is InChI=1S/C26H33N3O3S/c1-33(31,32)28-26(30)12-11-20-7-9-22(10-8-20)19-29-15-13-21(14-16-29)18-27-25-17-24(25)23-5-3-2-4-6-23/h2-12,21,24-25,27H,13-19H2,1H3,(H,28,30)/t24-,25+/m0/s1. The highest BCUT2D eigenvalue weighted by Gasteiger charge is 2.38. The van der Waals surface area contributed by atoms with Crippen LogP contribution in [0.2, 0.25) is 0 Å². The highest BCUT2D eigenvalue weighted by Crippen LogP contribution is 2.40. The number of benzene rings is 2. The van der Waals surface area contributed by atoms with E-state index in [0.29, 0.717) is 12.0 Å². The zero-order valence-electron chi connectivity index (χ0n) is 19.1. The zero-order valence-corrected chi connectivity index (χ0v) is 19.9. The molecule has 1 saturated heterocycles. The summed E-state index contributed by atoms with van der Waals surface area (Å²) in [5.41, 5.74) is 3.57. The molecule has 2 N–H and O–H groups in total. The molecule has 176 valence electrons. The van der Waals surface area contributed by atoms with Gasteiger partial charge in [0, 0.05) is 24.6 Å². The molecule has 7 heteroatoms. The Morgan fingerprint density at radius 1 is 1.06 bits per heavy atom. The van der Waals surface area contributed by atoms with Gasteiger partial charge in [-0.25, -0.2) is 13.1 Å². The summed E-state index contributed by atoms with van der Waals surface area (Å²) in [4.78, 5) is 14.1. The first-order valence-corrected chi connectivity index (χ1v) is 13.5. The van der Waals surface area contributed by atoms with Gasteiger partial charge in [-0.1, -0.05) is 54.6 Å². The van der Waals surface area contributed by atoms with E-state index in [1.165, 1.54) is 36.5 Å². The molecule has 1 heterocycles. The SMILES string of the molecule is CS(=O)(=O)NC(=O)C=Cc1ccc(CN2CCC(CN[C@@H]3C[C@H]3c3ccccc3)CC2)cc1. The molecule has 2 atom stereocenters. The van der Waals surface area contributed by atoms with Gasteiger partial charge in [0.1, 0.15) is 0 Å². The molecule has 0 aromatic heterocycles. The molecule has 0 bridgehead atoms. The van der Waals surface area contributed by atoms with Crippen LogP contribution < -0.4 is 10.0 Å². The topological polar surface area (TPSA) is 78.5 Å². The first kappa shape index (κ1) is 23.7. The van der Waals surface area contributed by atoms with Gasteiger partial charge in [0.15, 0.2) is 0 Å². The molecule has 4 rings (SSSR count). The van der Waals surface area contributed by atoms with Gasteiger partial charge in [0.25, 0.3) is 5.91 Å². The first-order chi connectivity index (χ1) is 15.9. The molecule has 2 aromatic carbocycles. The molecule has 2 aromatic rings. The summed E-state index contributed by atoms with van der Waals surface area (Å²) in [6.07, 6.45) is 7.53. The maximum absolute atomic E-state index is 11.6. The maximum atomic E-state index is 11.6. The van der Waals surface area contributed by atoms with Gasteiger partial charge in [0.05, 0.1) is 6.26 Å². The van der Waals surface area contributed by atoms with Crippen molar-refractivity contribution < 1.29 is 13.2 Å². The number of nitrogens with zero attached hydrogens (tertiary/aromatic N) is 1. The number of rotatable bonds is 9. The van der Waals surface area contributed by atoms with Crippen molar-refractivity contribution >= 4 is 22.0 Å². The number of hydrogen-bond donors (Lipinski definition) is 2. The van der Waals surface area contributed by atoms with E-state index in [-0.39, 0.29) is 0 Å². The van der Waals surface area contributed by atoms with Crippen molar-refractivity contribution in [3.8, 4) is 0 Å². The maximum Gasteiger partial charge on any atom is 0.257 e. The number of piperidine rings is 1. The number of nitrogens with one attached hydrogen (secondary N) is 2. The van der Waals surface area contributed by atoms with E-state index < -0.39 is 15.9 Å². The average molecular weight is 468 g/mol. The minimum Gasteiger partial charge on any atom is -0.313 e. The Labute approximate surface area is 197 Å². The van der Waals surface area contributed by atoms with Crippen LogP contribution in [-0.4, -0.2) is 51.2 Å². The Morgan fingerprint density at radius 3 is 2.42 bits per heavy atom. The predicted octanol–water partition coefficient (Wildman–Crippen LogP) is 3.13. The monoisotopic (exact) mass is 467 g/mol. The second-order valence-corrected chi connectivity index (χ2v) is 11.0. The molecular weight excluding hydrogens is 434 g/mol. The molecule has 2 fully saturated rings. The summed E-state index contributed by atoms with van der Waals surface area (Å²) in [7, 11) is -3.53. The predicted molar refractivity (Wildman–Crippen MR) is 132 cm³/mol. The van der Waals surface area contributed by atoms with E-state index >= 15 is 0 Å². The lowest BCUT2D eigenvalue weighted by Gasteiger charge is -2.32. The Hall–Kier alpha value is -2.48. The van der Waals surface area contributed by atoms with Gasteiger partial charge < -0.3 is 5.32 Å². The van der Waals surface area contributed by atoms with Crippen LogP contribution in [0.5, 0.6) is 0 Å². The summed E-state index contributed by atoms with van der Waals surface area (Å²) in [6, 6.07) is 19.5. The van der Waals surface area contributed by atoms with Gasteiger partial charge in [-0.05, 0) is 67.6 Å². The van der Waals surface area contributed by atoms with E-state index in [0.717, 1.165) is 43.9 Å². The lowest BCUT2D eigenvalue weighted by molar-refractivity contribution is -0.114. The van der Waals surface area contributed by atoms with E-state index in [2.05, 4.69) is 52.7 Å². The average Bonchev–Trinajstić information content (AvgIpc) is 3.57. The van der Waals surface area contributed by atoms with Crippen molar-refractivity contribution in [2.45, 2.75) is 37.8 Å². The Balaban J connectivity index is 1.15. The lowest BCUT2D eigenvalue weighted by atomic mass is 9.96. The van der Waals surface area contributed by atoms with Crippen molar-refractivity contribution in [3.05, 3.63) is 77.4 Å². The zero-order chi connectivity index (χ0) is 23.3. The Bertz CT molecular complexity index is 1060. The van der Waals surface area contributed by atoms with Crippen molar-refractivity contribution in [3.63, 3.8) is 0 Å². The number of amides is 1. The summed E-state index contributed by atoms with van der Waals surface area (Å²) in [6.45, 7) is 4.28. The summed E-state index contributed by atoms with van der Waals surface area (Å²) >= 11 is 0. The fourth-order valence-corrected chi connectivity index (χ4v) is 4.97. The van der Waals surface area contributed by atoms with Crippen LogP contribution in [0.3, 0.4) is 0 Å². The second-order valence-electron chi connectivity index (χ2n) is 9.30. The second kappa shape index (κ2) is 10.6. The highest BCUT2D eigenvalue weighted by atomic mass is 32.2. The Kier molecular flexibility index (Phi) is 7.63. The van der Waals surface area contributed by atoms with Crippen LogP contribution >= 0.6 is 0 Å². The van der Waals surface area contributed by atoms with E-state index in [4.69, 9.17) is 0 Å². The van der Waals surface area contributed by atoms with Gasteiger partial charge >= 0.3 is 0 Å². The number of hydrogen-bond acceptors (Lipinski definition) is 5. The fourth-order valence-electron chi connectivity index (χ4n) is 4.54. The number of carbonyl (C=O) groups excluding carboxylic acids is 1. The third kappa shape index (κ3) is 7.52. The number of likely N-dealkylation sites (tertiary alicyclic amines) is 1. The van der Waals surface area contributed by atoms with Gasteiger partial charge in [0.2, 0.25) is 10.0 Å². The molecular formula is C26H33N3O3S. The van der Waals surface area contributed by atoms with Crippen molar-refractivity contribution in [2.75, 3.05) is 25.9 Å². The van der Waals surface area contributed by atoms with Crippen LogP contribution in [0.4, 0.5) is 0 Å². The molecule has 1 saturated carbocycles. The number of carbonyl (C=O) groups is 1. The largest absolute Gasteiger partial charge is 0.313 e. The van der Waals surface area contributed by atoms with E-state index in [1.54, 1.807) is 6.08 Å². The van der Waals surface area contributed by atoms with Gasteiger partial charge in [-0.3, -0.25) is 9.69 Å². The normalized spacial score (nSPS) is 21.8. The molecule has 1 aliphatic heterocycles. The quantitative estimate of drug-likeness (QED) is 0.554. The van der Waals surface area contributed by atoms with E-state index in [1.807, 2.05) is 16.9 Å². The number of sulfonamides is 1. The third-order valence-corrected chi connectivity index (χ3v) is 7.07. The summed E-state index contributed by atoms with van der Waals surface area (Å²) < 4.78 is 24.1. The minimum absolute atomic E-state index is 0.642. The Morgan fingerprint density at radius 2 is 1.76 bits per heavy atom. The first-order valence-electron chi connectivity index (χ1n) is 11.7. The van der Waals surface area contributed by atoms with Gasteiger partial charge in [-0.2, -0.15) is 0 Å². The molecule has 1 amide bonds. The third-order valence-electron chi connectivity index (χ3n) is 6.49.